The SMILES string of the molecule is COc1cc(O[C@H]2O[C@@H](CO)[C@H](O)[C@@H](O)[C@@H]2O)c2c(c1)O[C@H](c1ccc(O)cc1)[C@@H](O)C2=O. The zero-order valence-corrected chi connectivity index (χ0v) is 17.4. The summed E-state index contributed by atoms with van der Waals surface area (Å²) in [5.41, 5.74) is 0.300. The Morgan fingerprint density at radius 2 is 1.70 bits per heavy atom. The Balaban J connectivity index is 1.70. The van der Waals surface area contributed by atoms with E-state index < -0.39 is 55.3 Å². The van der Waals surface area contributed by atoms with Gasteiger partial charge >= 0.3 is 0 Å². The Morgan fingerprint density at radius 1 is 1.00 bits per heavy atom. The number of Topliss-reactive ketones (excluding diaryl/α,β-unsaturated/α-hetero) is 1. The number of ether oxygens (including phenoxy) is 4. The second-order valence-electron chi connectivity index (χ2n) is 7.75. The maximum atomic E-state index is 13.1. The van der Waals surface area contributed by atoms with E-state index in [4.69, 9.17) is 18.9 Å². The van der Waals surface area contributed by atoms with Gasteiger partial charge < -0.3 is 49.6 Å². The van der Waals surface area contributed by atoms with Crippen LogP contribution in [0.4, 0.5) is 0 Å². The predicted octanol–water partition coefficient (Wildman–Crippen LogP) is -0.743. The van der Waals surface area contributed by atoms with Gasteiger partial charge in [-0.05, 0) is 17.7 Å². The predicted molar refractivity (Wildman–Crippen MR) is 109 cm³/mol. The van der Waals surface area contributed by atoms with Crippen LogP contribution in [0.5, 0.6) is 23.0 Å². The number of aromatic hydroxyl groups is 1. The highest BCUT2D eigenvalue weighted by molar-refractivity contribution is 6.05. The number of ketones is 1. The molecule has 0 amide bonds. The van der Waals surface area contributed by atoms with Gasteiger partial charge in [0.15, 0.2) is 12.2 Å². The maximum Gasteiger partial charge on any atom is 0.229 e. The highest BCUT2D eigenvalue weighted by atomic mass is 16.7. The van der Waals surface area contributed by atoms with Crippen molar-refractivity contribution in [3.05, 3.63) is 47.5 Å². The van der Waals surface area contributed by atoms with Gasteiger partial charge in [0.2, 0.25) is 12.1 Å². The number of fused-ring (bicyclic) bond motifs is 1. The first-order chi connectivity index (χ1) is 15.7. The molecule has 1 saturated heterocycles. The van der Waals surface area contributed by atoms with Gasteiger partial charge in [-0.2, -0.15) is 0 Å². The second kappa shape index (κ2) is 9.14. The highest BCUT2D eigenvalue weighted by Crippen LogP contribution is 2.43. The van der Waals surface area contributed by atoms with Gasteiger partial charge in [0.05, 0.1) is 13.7 Å². The van der Waals surface area contributed by atoms with Gasteiger partial charge in [-0.3, -0.25) is 4.79 Å². The van der Waals surface area contributed by atoms with Crippen molar-refractivity contribution in [3.8, 4) is 23.0 Å². The molecule has 0 bridgehead atoms. The third-order valence-electron chi connectivity index (χ3n) is 5.64. The van der Waals surface area contributed by atoms with Crippen LogP contribution in [0.25, 0.3) is 0 Å². The molecule has 6 N–H and O–H groups in total. The fourth-order valence-electron chi connectivity index (χ4n) is 3.80. The number of methoxy groups -OCH3 is 1. The van der Waals surface area contributed by atoms with Gasteiger partial charge in [-0.25, -0.2) is 0 Å². The minimum absolute atomic E-state index is 0.00709. The lowest BCUT2D eigenvalue weighted by Crippen LogP contribution is -2.60. The molecule has 0 unspecified atom stereocenters. The quantitative estimate of drug-likeness (QED) is 0.329. The molecule has 0 aliphatic carbocycles. The van der Waals surface area contributed by atoms with Crippen LogP contribution < -0.4 is 14.2 Å². The Labute approximate surface area is 188 Å². The van der Waals surface area contributed by atoms with Crippen LogP contribution in [0.2, 0.25) is 0 Å². The first-order valence-electron chi connectivity index (χ1n) is 10.1. The van der Waals surface area contributed by atoms with Gasteiger partial charge in [0.1, 0.15) is 53.0 Å². The molecule has 2 heterocycles. The number of aliphatic hydroxyl groups is 5. The van der Waals surface area contributed by atoms with Gasteiger partial charge in [0.25, 0.3) is 0 Å². The lowest BCUT2D eigenvalue weighted by Gasteiger charge is -2.40. The molecule has 11 nitrogen and oxygen atoms in total. The van der Waals surface area contributed by atoms with E-state index in [-0.39, 0.29) is 28.6 Å². The summed E-state index contributed by atoms with van der Waals surface area (Å²) < 4.78 is 22.1. The Kier molecular flexibility index (Phi) is 6.43. The number of carbonyl (C=O) groups excluding carboxylic acids is 1. The average Bonchev–Trinajstić information content (AvgIpc) is 2.81. The van der Waals surface area contributed by atoms with Crippen LogP contribution in [0, 0.1) is 0 Å². The minimum atomic E-state index is -1.71. The van der Waals surface area contributed by atoms with E-state index in [1.54, 1.807) is 0 Å². The number of rotatable bonds is 5. The second-order valence-corrected chi connectivity index (χ2v) is 7.75. The van der Waals surface area contributed by atoms with Crippen LogP contribution in [0.15, 0.2) is 36.4 Å². The minimum Gasteiger partial charge on any atom is -0.508 e. The summed E-state index contributed by atoms with van der Waals surface area (Å²) in [5, 5.41) is 59.8. The molecule has 0 aromatic heterocycles. The maximum absolute atomic E-state index is 13.1. The van der Waals surface area contributed by atoms with Crippen LogP contribution in [-0.4, -0.2) is 86.9 Å². The van der Waals surface area contributed by atoms with E-state index in [1.165, 1.54) is 43.5 Å². The molecule has 2 aliphatic heterocycles. The fraction of sp³-hybridized carbons (Fsp3) is 0.409. The molecule has 4 rings (SSSR count). The molecule has 0 spiro atoms. The van der Waals surface area contributed by atoms with E-state index >= 15 is 0 Å². The van der Waals surface area contributed by atoms with Crippen molar-refractivity contribution < 1.29 is 54.4 Å². The monoisotopic (exact) mass is 464 g/mol. The summed E-state index contributed by atoms with van der Waals surface area (Å²) in [6.07, 6.45) is -10.4. The molecule has 178 valence electrons. The number of aliphatic hydroxyl groups excluding tert-OH is 5. The molecule has 11 heteroatoms. The Hall–Kier alpha value is -2.93. The van der Waals surface area contributed by atoms with E-state index in [0.717, 1.165) is 0 Å². The van der Waals surface area contributed by atoms with Crippen LogP contribution in [0.1, 0.15) is 22.0 Å². The summed E-state index contributed by atoms with van der Waals surface area (Å²) in [6.45, 7) is -0.657. The molecule has 2 aliphatic rings. The molecular weight excluding hydrogens is 440 g/mol. The molecular formula is C22H24O11. The van der Waals surface area contributed by atoms with Crippen molar-refractivity contribution in [1.29, 1.82) is 0 Å². The molecule has 2 aromatic carbocycles. The summed E-state index contributed by atoms with van der Waals surface area (Å²) in [7, 11) is 1.37. The molecule has 1 fully saturated rings. The number of hydrogen-bond donors (Lipinski definition) is 6. The van der Waals surface area contributed by atoms with Crippen molar-refractivity contribution in [1.82, 2.24) is 0 Å². The number of carbonyl (C=O) groups is 1. The Bertz CT molecular complexity index is 1010. The topological polar surface area (TPSA) is 175 Å². The van der Waals surface area contributed by atoms with Crippen LogP contribution >= 0.6 is 0 Å². The van der Waals surface area contributed by atoms with E-state index in [9.17, 15) is 35.4 Å². The van der Waals surface area contributed by atoms with Gasteiger partial charge in [-0.15, -0.1) is 0 Å². The third-order valence-corrected chi connectivity index (χ3v) is 5.64. The number of benzene rings is 2. The largest absolute Gasteiger partial charge is 0.508 e. The lowest BCUT2D eigenvalue weighted by atomic mass is 9.92. The van der Waals surface area contributed by atoms with Crippen molar-refractivity contribution in [3.63, 3.8) is 0 Å². The normalized spacial score (nSPS) is 31.5. The van der Waals surface area contributed by atoms with Gasteiger partial charge in [-0.1, -0.05) is 12.1 Å². The van der Waals surface area contributed by atoms with Gasteiger partial charge in [0, 0.05) is 12.1 Å². The fourth-order valence-corrected chi connectivity index (χ4v) is 3.80. The first-order valence-corrected chi connectivity index (χ1v) is 10.1. The standard InChI is InChI=1S/C22H24O11/c1-30-11-6-12-15(17(26)19(28)21(31-12)9-2-4-10(24)5-3-9)13(7-11)32-22-20(29)18(27)16(25)14(8-23)33-22/h2-7,14,16,18-25,27-29H,8H2,1H3/t14-,16-,18+,19-,20-,21+,22-/m0/s1. The Morgan fingerprint density at radius 3 is 2.33 bits per heavy atom. The molecule has 0 radical (unpaired) electrons. The van der Waals surface area contributed by atoms with E-state index in [2.05, 4.69) is 0 Å². The highest BCUT2D eigenvalue weighted by Gasteiger charge is 2.46. The van der Waals surface area contributed by atoms with Crippen molar-refractivity contribution in [2.45, 2.75) is 42.9 Å². The summed E-state index contributed by atoms with van der Waals surface area (Å²) in [6, 6.07) is 8.54. The molecule has 33 heavy (non-hydrogen) atoms. The van der Waals surface area contributed by atoms with E-state index in [1.807, 2.05) is 0 Å². The van der Waals surface area contributed by atoms with Crippen LogP contribution in [0.3, 0.4) is 0 Å². The molecule has 0 saturated carbocycles. The molecule has 7 atom stereocenters. The number of phenolic OH excluding ortho intramolecular Hbond substituents is 1. The smallest absolute Gasteiger partial charge is 0.229 e. The van der Waals surface area contributed by atoms with Crippen molar-refractivity contribution >= 4 is 5.78 Å². The van der Waals surface area contributed by atoms with Crippen molar-refractivity contribution in [2.24, 2.45) is 0 Å². The van der Waals surface area contributed by atoms with Crippen LogP contribution in [-0.2, 0) is 4.74 Å². The van der Waals surface area contributed by atoms with Crippen molar-refractivity contribution in [2.75, 3.05) is 13.7 Å². The zero-order valence-electron chi connectivity index (χ0n) is 17.4. The summed E-state index contributed by atoms with van der Waals surface area (Å²) >= 11 is 0. The average molecular weight is 464 g/mol. The van der Waals surface area contributed by atoms with E-state index in [0.29, 0.717) is 5.56 Å². The number of hydrogen-bond acceptors (Lipinski definition) is 11. The summed E-state index contributed by atoms with van der Waals surface area (Å²) in [4.78, 5) is 13.1. The third kappa shape index (κ3) is 4.22. The number of phenols is 1. The lowest BCUT2D eigenvalue weighted by molar-refractivity contribution is -0.277. The zero-order chi connectivity index (χ0) is 23.9. The molecule has 2 aromatic rings. The first kappa shape index (κ1) is 23.2. The summed E-state index contributed by atoms with van der Waals surface area (Å²) in [5.74, 6) is -0.643.